The summed E-state index contributed by atoms with van der Waals surface area (Å²) >= 11 is 0. The Morgan fingerprint density at radius 3 is 2.67 bits per heavy atom. The van der Waals surface area contributed by atoms with Crippen molar-refractivity contribution in [1.82, 2.24) is 25.2 Å². The van der Waals surface area contributed by atoms with Crippen molar-refractivity contribution < 1.29 is 14.4 Å². The van der Waals surface area contributed by atoms with Gasteiger partial charge in [0.05, 0.1) is 11.2 Å². The van der Waals surface area contributed by atoms with Gasteiger partial charge in [0.2, 0.25) is 0 Å². The number of nitrogens with zero attached hydrogens (tertiary/aromatic N) is 2. The minimum atomic E-state index is -0.331. The maximum atomic E-state index is 13.0. The first-order valence-electron chi connectivity index (χ1n) is 11.4. The van der Waals surface area contributed by atoms with Gasteiger partial charge in [0.25, 0.3) is 17.7 Å². The van der Waals surface area contributed by atoms with Gasteiger partial charge >= 0.3 is 0 Å². The number of hydrogen-bond acceptors (Lipinski definition) is 4. The van der Waals surface area contributed by atoms with Crippen molar-refractivity contribution in [3.8, 4) is 0 Å². The molecule has 0 bridgehead atoms. The van der Waals surface area contributed by atoms with Crippen molar-refractivity contribution in [2.75, 3.05) is 11.9 Å². The van der Waals surface area contributed by atoms with Gasteiger partial charge in [-0.05, 0) is 51.8 Å². The summed E-state index contributed by atoms with van der Waals surface area (Å²) in [5.74, 6) is -0.186. The molecule has 5 rings (SSSR count). The molecule has 3 aromatic rings. The number of aromatic nitrogens is 3. The molecular formula is C24H28N6O3. The number of aryl methyl sites for hydroxylation is 1. The van der Waals surface area contributed by atoms with Gasteiger partial charge in [-0.1, -0.05) is 18.9 Å². The average molecular weight is 449 g/mol. The van der Waals surface area contributed by atoms with Gasteiger partial charge in [0, 0.05) is 29.1 Å². The first-order valence-corrected chi connectivity index (χ1v) is 11.4. The second-order valence-electron chi connectivity index (χ2n) is 9.60. The van der Waals surface area contributed by atoms with Crippen LogP contribution in [0.15, 0.2) is 24.3 Å². The lowest BCUT2D eigenvalue weighted by Gasteiger charge is -2.34. The maximum absolute atomic E-state index is 13.0. The van der Waals surface area contributed by atoms with Crippen LogP contribution >= 0.6 is 0 Å². The molecule has 0 radical (unpaired) electrons. The predicted molar refractivity (Wildman–Crippen MR) is 125 cm³/mol. The molecule has 33 heavy (non-hydrogen) atoms. The molecule has 0 unspecified atom stereocenters. The fraction of sp³-hybridized carbons (Fsp3) is 0.417. The Morgan fingerprint density at radius 1 is 1.15 bits per heavy atom. The van der Waals surface area contributed by atoms with Crippen molar-refractivity contribution in [2.45, 2.75) is 58.0 Å². The lowest BCUT2D eigenvalue weighted by Crippen LogP contribution is -2.47. The standard InChI is InChI=1S/C24H28N6O3/c1-13-19(28-20(26-13)23(33)27-16-6-4-5-7-16)29-21(31)15-9-8-14-10-18-22(32)25-12-24(2,3)30(18)17(14)11-15/h8-11,16H,4-7,12H2,1-3H3,(H,25,32)(H,26,28)(H,27,33)(H,29,31). The fourth-order valence-electron chi connectivity index (χ4n) is 4.82. The zero-order valence-corrected chi connectivity index (χ0v) is 19.0. The summed E-state index contributed by atoms with van der Waals surface area (Å²) in [5.41, 5.74) is 2.15. The second kappa shape index (κ2) is 7.75. The number of carbonyl (C=O) groups is 3. The number of amides is 3. The smallest absolute Gasteiger partial charge is 0.287 e. The van der Waals surface area contributed by atoms with Crippen LogP contribution in [-0.4, -0.2) is 44.8 Å². The van der Waals surface area contributed by atoms with Crippen LogP contribution < -0.4 is 16.0 Å². The Labute approximate surface area is 191 Å². The molecule has 9 heteroatoms. The van der Waals surface area contributed by atoms with E-state index in [0.29, 0.717) is 29.3 Å². The molecule has 2 aromatic heterocycles. The molecule has 0 saturated heterocycles. The second-order valence-corrected chi connectivity index (χ2v) is 9.60. The topological polar surface area (TPSA) is 121 Å². The van der Waals surface area contributed by atoms with Crippen LogP contribution in [0.1, 0.15) is 76.7 Å². The van der Waals surface area contributed by atoms with E-state index in [2.05, 4.69) is 25.9 Å². The number of fused-ring (bicyclic) bond motifs is 3. The van der Waals surface area contributed by atoms with Gasteiger partial charge in [-0.2, -0.15) is 0 Å². The van der Waals surface area contributed by atoms with E-state index >= 15 is 0 Å². The van der Waals surface area contributed by atoms with Crippen molar-refractivity contribution in [1.29, 1.82) is 0 Å². The molecule has 2 aliphatic rings. The van der Waals surface area contributed by atoms with E-state index in [1.165, 1.54) is 0 Å². The molecule has 1 aliphatic carbocycles. The molecule has 3 heterocycles. The van der Waals surface area contributed by atoms with Crippen LogP contribution in [0.2, 0.25) is 0 Å². The molecule has 172 valence electrons. The lowest BCUT2D eigenvalue weighted by molar-refractivity contribution is 0.0890. The number of carbonyl (C=O) groups excluding carboxylic acids is 3. The largest absolute Gasteiger partial charge is 0.348 e. The predicted octanol–water partition coefficient (Wildman–Crippen LogP) is 3.08. The van der Waals surface area contributed by atoms with Gasteiger partial charge in [0.15, 0.2) is 11.6 Å². The van der Waals surface area contributed by atoms with E-state index in [1.807, 2.05) is 30.5 Å². The molecule has 1 saturated carbocycles. The Hall–Kier alpha value is -3.62. The minimum Gasteiger partial charge on any atom is -0.348 e. The molecule has 1 aliphatic heterocycles. The summed E-state index contributed by atoms with van der Waals surface area (Å²) in [6.45, 7) is 6.38. The molecule has 0 atom stereocenters. The Bertz CT molecular complexity index is 1280. The zero-order valence-electron chi connectivity index (χ0n) is 19.0. The highest BCUT2D eigenvalue weighted by atomic mass is 16.2. The normalized spacial score (nSPS) is 17.6. The van der Waals surface area contributed by atoms with E-state index < -0.39 is 0 Å². The van der Waals surface area contributed by atoms with E-state index in [9.17, 15) is 14.4 Å². The quantitative estimate of drug-likeness (QED) is 0.490. The summed E-state index contributed by atoms with van der Waals surface area (Å²) in [5, 5.41) is 9.62. The van der Waals surface area contributed by atoms with Gasteiger partial charge in [-0.25, -0.2) is 4.98 Å². The maximum Gasteiger partial charge on any atom is 0.287 e. The van der Waals surface area contributed by atoms with E-state index in [-0.39, 0.29) is 35.1 Å². The third-order valence-electron chi connectivity index (χ3n) is 6.61. The number of rotatable bonds is 4. The number of anilines is 1. The number of hydrogen-bond donors (Lipinski definition) is 4. The summed E-state index contributed by atoms with van der Waals surface area (Å²) in [6.07, 6.45) is 4.22. The van der Waals surface area contributed by atoms with Gasteiger partial charge in [0.1, 0.15) is 5.69 Å². The average Bonchev–Trinajstić information content (AvgIpc) is 3.50. The SMILES string of the molecule is Cc1[nH]c(C(=O)NC2CCCC2)nc1NC(=O)c1ccc2cc3n(c2c1)C(C)(C)CNC3=O. The number of nitrogens with one attached hydrogen (secondary N) is 4. The third kappa shape index (κ3) is 3.77. The molecule has 0 spiro atoms. The van der Waals surface area contributed by atoms with Crippen molar-refractivity contribution in [3.63, 3.8) is 0 Å². The molecule has 1 aromatic carbocycles. The summed E-state index contributed by atoms with van der Waals surface area (Å²) < 4.78 is 1.99. The molecule has 4 N–H and O–H groups in total. The molecule has 1 fully saturated rings. The number of imidazole rings is 1. The van der Waals surface area contributed by atoms with E-state index in [0.717, 1.165) is 36.6 Å². The Kier molecular flexibility index (Phi) is 4.99. The first-order chi connectivity index (χ1) is 15.7. The van der Waals surface area contributed by atoms with E-state index in [4.69, 9.17) is 0 Å². The fourth-order valence-corrected chi connectivity index (χ4v) is 4.82. The number of aromatic amines is 1. The first kappa shape index (κ1) is 21.2. The third-order valence-corrected chi connectivity index (χ3v) is 6.61. The van der Waals surface area contributed by atoms with Crippen LogP contribution in [0.3, 0.4) is 0 Å². The number of benzene rings is 1. The Morgan fingerprint density at radius 2 is 1.91 bits per heavy atom. The zero-order chi connectivity index (χ0) is 23.3. The monoisotopic (exact) mass is 448 g/mol. The lowest BCUT2D eigenvalue weighted by atomic mass is 10.0. The van der Waals surface area contributed by atoms with Gasteiger partial charge < -0.3 is 25.5 Å². The number of H-pyrrole nitrogens is 1. The van der Waals surface area contributed by atoms with Crippen molar-refractivity contribution in [3.05, 3.63) is 47.0 Å². The highest BCUT2D eigenvalue weighted by Gasteiger charge is 2.33. The van der Waals surface area contributed by atoms with Crippen LogP contribution in [0.5, 0.6) is 0 Å². The van der Waals surface area contributed by atoms with Gasteiger partial charge in [-0.3, -0.25) is 14.4 Å². The summed E-state index contributed by atoms with van der Waals surface area (Å²) in [6, 6.07) is 7.40. The van der Waals surface area contributed by atoms with Crippen LogP contribution in [0.25, 0.3) is 10.9 Å². The van der Waals surface area contributed by atoms with E-state index in [1.54, 1.807) is 19.1 Å². The summed E-state index contributed by atoms with van der Waals surface area (Å²) in [4.78, 5) is 45.2. The van der Waals surface area contributed by atoms with Crippen LogP contribution in [-0.2, 0) is 5.54 Å². The minimum absolute atomic E-state index is 0.118. The van der Waals surface area contributed by atoms with Crippen molar-refractivity contribution in [2.24, 2.45) is 0 Å². The van der Waals surface area contributed by atoms with Gasteiger partial charge in [-0.15, -0.1) is 0 Å². The molecular weight excluding hydrogens is 420 g/mol. The highest BCUT2D eigenvalue weighted by molar-refractivity contribution is 6.07. The summed E-state index contributed by atoms with van der Waals surface area (Å²) in [7, 11) is 0. The van der Waals surface area contributed by atoms with Crippen LogP contribution in [0, 0.1) is 6.92 Å². The Balaban J connectivity index is 1.39. The highest BCUT2D eigenvalue weighted by Crippen LogP contribution is 2.31. The van der Waals surface area contributed by atoms with Crippen molar-refractivity contribution >= 4 is 34.4 Å². The molecule has 3 amide bonds. The van der Waals surface area contributed by atoms with Crippen LogP contribution in [0.4, 0.5) is 5.82 Å². The molecule has 9 nitrogen and oxygen atoms in total.